The summed E-state index contributed by atoms with van der Waals surface area (Å²) in [6.07, 6.45) is -2.67. The first-order chi connectivity index (χ1) is 18.4. The Bertz CT molecular complexity index is 1590. The van der Waals surface area contributed by atoms with Gasteiger partial charge in [-0.25, -0.2) is 4.98 Å². The highest BCUT2D eigenvalue weighted by molar-refractivity contribution is 6.02. The van der Waals surface area contributed by atoms with E-state index in [0.29, 0.717) is 30.5 Å². The van der Waals surface area contributed by atoms with Crippen LogP contribution in [0.2, 0.25) is 0 Å². The van der Waals surface area contributed by atoms with Crippen molar-refractivity contribution in [1.82, 2.24) is 14.1 Å². The van der Waals surface area contributed by atoms with Crippen LogP contribution < -0.4 is 10.2 Å². The average Bonchev–Trinajstić information content (AvgIpc) is 3.24. The number of rotatable bonds is 8. The lowest BCUT2D eigenvalue weighted by atomic mass is 9.99. The zero-order chi connectivity index (χ0) is 26.7. The zero-order valence-corrected chi connectivity index (χ0v) is 20.3. The number of hydrogen-bond donors (Lipinski definition) is 2. The van der Waals surface area contributed by atoms with Gasteiger partial charge in [-0.2, -0.15) is 0 Å². The Labute approximate surface area is 216 Å². The second kappa shape index (κ2) is 10.5. The number of ether oxygens (including phenoxy) is 1. The molecule has 194 valence electrons. The molecule has 0 aliphatic heterocycles. The van der Waals surface area contributed by atoms with Crippen molar-refractivity contribution in [2.45, 2.75) is 25.9 Å². The minimum absolute atomic E-state index is 0.000342. The van der Waals surface area contributed by atoms with Crippen LogP contribution in [0.3, 0.4) is 0 Å². The highest BCUT2D eigenvalue weighted by Gasteiger charge is 2.31. The molecule has 5 aromatic rings. The van der Waals surface area contributed by atoms with E-state index in [1.54, 1.807) is 23.0 Å². The minimum Gasteiger partial charge on any atom is -0.406 e. The summed E-state index contributed by atoms with van der Waals surface area (Å²) in [5.74, 6) is -0.289. The SMILES string of the molecule is N=c1c2c(-c3ccccc3)c(-c3ccccc3)n(Cc3ccc(OC(F)(F)F)cc3)c2ncn1CCCO. The van der Waals surface area contributed by atoms with Crippen LogP contribution in [-0.4, -0.2) is 32.2 Å². The van der Waals surface area contributed by atoms with Gasteiger partial charge in [0.2, 0.25) is 0 Å². The van der Waals surface area contributed by atoms with Crippen LogP contribution >= 0.6 is 0 Å². The molecule has 5 rings (SSSR count). The Kier molecular flexibility index (Phi) is 7.02. The molecule has 0 fully saturated rings. The first kappa shape index (κ1) is 25.3. The molecule has 9 heteroatoms. The lowest BCUT2D eigenvalue weighted by Gasteiger charge is -2.14. The van der Waals surface area contributed by atoms with Crippen molar-refractivity contribution in [1.29, 1.82) is 5.41 Å². The Morgan fingerprint density at radius 2 is 1.50 bits per heavy atom. The van der Waals surface area contributed by atoms with Crippen LogP contribution in [0, 0.1) is 5.41 Å². The topological polar surface area (TPSA) is 76.1 Å². The molecule has 38 heavy (non-hydrogen) atoms. The van der Waals surface area contributed by atoms with Gasteiger partial charge < -0.3 is 19.0 Å². The van der Waals surface area contributed by atoms with E-state index in [4.69, 9.17) is 10.4 Å². The number of fused-ring (bicyclic) bond motifs is 1. The largest absolute Gasteiger partial charge is 0.573 e. The minimum atomic E-state index is -4.76. The van der Waals surface area contributed by atoms with Gasteiger partial charge in [-0.1, -0.05) is 72.8 Å². The highest BCUT2D eigenvalue weighted by atomic mass is 19.4. The van der Waals surface area contributed by atoms with Crippen molar-refractivity contribution in [3.05, 3.63) is 102 Å². The predicted molar refractivity (Wildman–Crippen MR) is 138 cm³/mol. The smallest absolute Gasteiger partial charge is 0.406 e. The fourth-order valence-corrected chi connectivity index (χ4v) is 4.62. The first-order valence-corrected chi connectivity index (χ1v) is 12.1. The number of halogens is 3. The van der Waals surface area contributed by atoms with Crippen LogP contribution in [0.1, 0.15) is 12.0 Å². The molecular weight excluding hydrogens is 493 g/mol. The average molecular weight is 519 g/mol. The van der Waals surface area contributed by atoms with E-state index in [0.717, 1.165) is 27.9 Å². The van der Waals surface area contributed by atoms with E-state index in [1.807, 2.05) is 65.2 Å². The Balaban J connectivity index is 1.74. The van der Waals surface area contributed by atoms with Gasteiger partial charge in [-0.3, -0.25) is 5.41 Å². The normalized spacial score (nSPS) is 11.7. The van der Waals surface area contributed by atoms with E-state index < -0.39 is 6.36 Å². The molecule has 0 saturated heterocycles. The summed E-state index contributed by atoms with van der Waals surface area (Å²) in [6.45, 7) is 0.756. The summed E-state index contributed by atoms with van der Waals surface area (Å²) >= 11 is 0. The number of alkyl halides is 3. The number of nitrogens with one attached hydrogen (secondary N) is 1. The Morgan fingerprint density at radius 1 is 0.868 bits per heavy atom. The maximum atomic E-state index is 12.6. The molecule has 0 saturated carbocycles. The van der Waals surface area contributed by atoms with E-state index >= 15 is 0 Å². The monoisotopic (exact) mass is 518 g/mol. The summed E-state index contributed by atoms with van der Waals surface area (Å²) < 4.78 is 45.7. The van der Waals surface area contributed by atoms with Crippen LogP contribution in [-0.2, 0) is 13.1 Å². The molecule has 2 N–H and O–H groups in total. The molecule has 0 atom stereocenters. The van der Waals surface area contributed by atoms with Crippen molar-refractivity contribution >= 4 is 11.0 Å². The molecule has 0 unspecified atom stereocenters. The molecule has 0 aliphatic carbocycles. The van der Waals surface area contributed by atoms with Gasteiger partial charge in [-0.15, -0.1) is 13.2 Å². The number of nitrogens with zero attached hydrogens (tertiary/aromatic N) is 3. The van der Waals surface area contributed by atoms with Gasteiger partial charge in [-0.05, 0) is 35.2 Å². The second-order valence-electron chi connectivity index (χ2n) is 8.80. The maximum Gasteiger partial charge on any atom is 0.573 e. The number of aryl methyl sites for hydroxylation is 1. The lowest BCUT2D eigenvalue weighted by Crippen LogP contribution is -2.21. The van der Waals surface area contributed by atoms with Gasteiger partial charge in [0.25, 0.3) is 0 Å². The van der Waals surface area contributed by atoms with Crippen LogP contribution in [0.25, 0.3) is 33.4 Å². The van der Waals surface area contributed by atoms with Gasteiger partial charge in [0, 0.05) is 25.3 Å². The van der Waals surface area contributed by atoms with Crippen molar-refractivity contribution in [3.8, 4) is 28.1 Å². The van der Waals surface area contributed by atoms with Gasteiger partial charge in [0.1, 0.15) is 16.9 Å². The third-order valence-corrected chi connectivity index (χ3v) is 6.24. The van der Waals surface area contributed by atoms with Crippen molar-refractivity contribution in [2.75, 3.05) is 6.61 Å². The summed E-state index contributed by atoms with van der Waals surface area (Å²) in [5, 5.41) is 19.1. The summed E-state index contributed by atoms with van der Waals surface area (Å²) in [6, 6.07) is 25.3. The molecule has 0 bridgehead atoms. The van der Waals surface area contributed by atoms with Crippen LogP contribution in [0.4, 0.5) is 13.2 Å². The van der Waals surface area contributed by atoms with Crippen molar-refractivity contribution in [2.24, 2.45) is 0 Å². The van der Waals surface area contributed by atoms with E-state index in [-0.39, 0.29) is 17.8 Å². The number of benzene rings is 3. The highest BCUT2D eigenvalue weighted by Crippen LogP contribution is 2.39. The molecular formula is C29H25F3N4O2. The van der Waals surface area contributed by atoms with Gasteiger partial charge in [0.05, 0.1) is 17.4 Å². The van der Waals surface area contributed by atoms with Crippen molar-refractivity contribution in [3.63, 3.8) is 0 Å². The number of aromatic nitrogens is 3. The Hall–Kier alpha value is -4.37. The molecule has 0 amide bonds. The van der Waals surface area contributed by atoms with E-state index in [2.05, 4.69) is 4.74 Å². The molecule has 3 aromatic carbocycles. The van der Waals surface area contributed by atoms with Gasteiger partial charge in [0.15, 0.2) is 0 Å². The number of aliphatic hydroxyl groups excluding tert-OH is 1. The van der Waals surface area contributed by atoms with Crippen molar-refractivity contribution < 1.29 is 23.0 Å². The number of hydrogen-bond acceptors (Lipinski definition) is 4. The zero-order valence-electron chi connectivity index (χ0n) is 20.3. The van der Waals surface area contributed by atoms with Crippen LogP contribution in [0.15, 0.2) is 91.3 Å². The molecule has 6 nitrogen and oxygen atoms in total. The second-order valence-corrected chi connectivity index (χ2v) is 8.80. The summed E-state index contributed by atoms with van der Waals surface area (Å²) in [4.78, 5) is 4.74. The lowest BCUT2D eigenvalue weighted by molar-refractivity contribution is -0.274. The predicted octanol–water partition coefficient (Wildman–Crippen LogP) is 5.98. The standard InChI is InChI=1S/C29H25F3N4O2/c30-29(31,32)38-23-14-12-20(13-15-23)18-36-26(22-10-5-2-6-11-22)24(21-8-3-1-4-9-21)25-27(33)35(16-7-17-37)19-34-28(25)36/h1-6,8-15,19,33,37H,7,16-18H2. The summed E-state index contributed by atoms with van der Waals surface area (Å²) in [5.41, 5.74) is 5.14. The molecule has 0 aliphatic rings. The molecule has 2 heterocycles. The maximum absolute atomic E-state index is 12.6. The third kappa shape index (κ3) is 5.19. The molecule has 0 spiro atoms. The first-order valence-electron chi connectivity index (χ1n) is 12.1. The summed E-state index contributed by atoms with van der Waals surface area (Å²) in [7, 11) is 0. The van der Waals surface area contributed by atoms with Crippen LogP contribution in [0.5, 0.6) is 5.75 Å². The van der Waals surface area contributed by atoms with E-state index in [1.165, 1.54) is 12.1 Å². The van der Waals surface area contributed by atoms with E-state index in [9.17, 15) is 18.3 Å². The third-order valence-electron chi connectivity index (χ3n) is 6.24. The van der Waals surface area contributed by atoms with Gasteiger partial charge >= 0.3 is 6.36 Å². The quantitative estimate of drug-likeness (QED) is 0.265. The molecule has 2 aromatic heterocycles. The fourth-order valence-electron chi connectivity index (χ4n) is 4.62. The Morgan fingerprint density at radius 3 is 2.11 bits per heavy atom. The number of aliphatic hydroxyl groups is 1. The fraction of sp³-hybridized carbons (Fsp3) is 0.172. The molecule has 0 radical (unpaired) electrons.